The molecule has 0 spiro atoms. The van der Waals surface area contributed by atoms with Gasteiger partial charge < -0.3 is 15.0 Å². The summed E-state index contributed by atoms with van der Waals surface area (Å²) >= 11 is 0. The predicted octanol–water partition coefficient (Wildman–Crippen LogP) is 1.00. The molecule has 132 valence electrons. The van der Waals surface area contributed by atoms with Crippen LogP contribution in [0.25, 0.3) is 0 Å². The Hall–Kier alpha value is -2.15. The van der Waals surface area contributed by atoms with Gasteiger partial charge in [-0.2, -0.15) is 0 Å². The van der Waals surface area contributed by atoms with E-state index in [0.717, 1.165) is 13.0 Å². The number of anilines is 1. The largest absolute Gasteiger partial charge is 0.385 e. The van der Waals surface area contributed by atoms with Crippen LogP contribution in [0.15, 0.2) is 23.5 Å². The Balaban J connectivity index is 1.99. The molecule has 2 atom stereocenters. The summed E-state index contributed by atoms with van der Waals surface area (Å²) in [6.07, 6.45) is 3.07. The van der Waals surface area contributed by atoms with Gasteiger partial charge >= 0.3 is 0 Å². The number of nitrogens with zero attached hydrogens (tertiary/aromatic N) is 2. The first kappa shape index (κ1) is 18.2. The lowest BCUT2D eigenvalue weighted by atomic mass is 9.86. The quantitative estimate of drug-likeness (QED) is 0.727. The number of rotatable bonds is 7. The van der Waals surface area contributed by atoms with Crippen molar-refractivity contribution in [3.05, 3.63) is 34.8 Å². The first-order valence-corrected chi connectivity index (χ1v) is 8.14. The Bertz CT molecular complexity index is 657. The maximum atomic E-state index is 12.6. The van der Waals surface area contributed by atoms with Crippen LogP contribution in [0.5, 0.6) is 0 Å². The summed E-state index contributed by atoms with van der Waals surface area (Å²) in [5.41, 5.74) is -0.136. The minimum Gasteiger partial charge on any atom is -0.385 e. The molecular formula is C17H26N4O3. The molecule has 1 aliphatic heterocycles. The second kappa shape index (κ2) is 7.61. The van der Waals surface area contributed by atoms with E-state index >= 15 is 0 Å². The lowest BCUT2D eigenvalue weighted by Crippen LogP contribution is -2.45. The second-order valence-corrected chi connectivity index (χ2v) is 6.48. The molecule has 0 saturated carbocycles. The molecule has 1 aliphatic rings. The van der Waals surface area contributed by atoms with Gasteiger partial charge in [-0.1, -0.05) is 6.08 Å². The van der Waals surface area contributed by atoms with Crippen LogP contribution in [0, 0.1) is 12.3 Å². The summed E-state index contributed by atoms with van der Waals surface area (Å²) in [7, 11) is 1.62. The molecule has 0 radical (unpaired) electrons. The molecular weight excluding hydrogens is 308 g/mol. The standard InChI is InChI=1S/C17H26N4O3/c1-5-17(3,7-9-24-4)15(23)19-13-6-8-21(11-13)16-18-12(2)10-14(22)20-16/h5,10,13H,1,6-9,11H2,2-4H3,(H,19,23)(H,18,20,22). The van der Waals surface area contributed by atoms with Crippen LogP contribution in [0.2, 0.25) is 0 Å². The van der Waals surface area contributed by atoms with Crippen molar-refractivity contribution >= 4 is 11.9 Å². The lowest BCUT2D eigenvalue weighted by molar-refractivity contribution is -0.129. The molecule has 7 nitrogen and oxygen atoms in total. The third-order valence-corrected chi connectivity index (χ3v) is 4.48. The number of ether oxygens (including phenoxy) is 1. The van der Waals surface area contributed by atoms with Crippen molar-refractivity contribution in [1.29, 1.82) is 0 Å². The number of aromatic nitrogens is 2. The molecule has 1 aromatic rings. The Morgan fingerprint density at radius 3 is 3.04 bits per heavy atom. The van der Waals surface area contributed by atoms with Crippen LogP contribution in [0.1, 0.15) is 25.5 Å². The fourth-order valence-corrected chi connectivity index (χ4v) is 2.76. The van der Waals surface area contributed by atoms with Crippen molar-refractivity contribution in [2.24, 2.45) is 5.41 Å². The zero-order valence-electron chi connectivity index (χ0n) is 14.6. The van der Waals surface area contributed by atoms with E-state index in [9.17, 15) is 9.59 Å². The van der Waals surface area contributed by atoms with E-state index in [4.69, 9.17) is 4.74 Å². The molecule has 0 aromatic carbocycles. The highest BCUT2D eigenvalue weighted by Gasteiger charge is 2.33. The minimum atomic E-state index is -0.653. The summed E-state index contributed by atoms with van der Waals surface area (Å²) in [6, 6.07) is 1.48. The van der Waals surface area contributed by atoms with Gasteiger partial charge in [-0.25, -0.2) is 4.98 Å². The highest BCUT2D eigenvalue weighted by molar-refractivity contribution is 5.84. The number of hydrogen-bond acceptors (Lipinski definition) is 5. The highest BCUT2D eigenvalue weighted by atomic mass is 16.5. The summed E-state index contributed by atoms with van der Waals surface area (Å²) < 4.78 is 5.08. The van der Waals surface area contributed by atoms with Crippen LogP contribution in [0.3, 0.4) is 0 Å². The van der Waals surface area contributed by atoms with Gasteiger partial charge in [-0.15, -0.1) is 6.58 Å². The maximum absolute atomic E-state index is 12.6. The van der Waals surface area contributed by atoms with Crippen LogP contribution >= 0.6 is 0 Å². The van der Waals surface area contributed by atoms with Gasteiger partial charge in [0.15, 0.2) is 0 Å². The van der Waals surface area contributed by atoms with Crippen molar-refractivity contribution in [1.82, 2.24) is 15.3 Å². The molecule has 24 heavy (non-hydrogen) atoms. The van der Waals surface area contributed by atoms with Crippen LogP contribution in [-0.4, -0.2) is 48.7 Å². The number of amides is 1. The molecule has 2 unspecified atom stereocenters. The summed E-state index contributed by atoms with van der Waals surface area (Å²) in [6.45, 7) is 9.30. The van der Waals surface area contributed by atoms with Crippen LogP contribution < -0.4 is 15.8 Å². The van der Waals surface area contributed by atoms with E-state index in [0.29, 0.717) is 31.2 Å². The van der Waals surface area contributed by atoms with Crippen molar-refractivity contribution < 1.29 is 9.53 Å². The monoisotopic (exact) mass is 334 g/mol. The number of aromatic amines is 1. The van der Waals surface area contributed by atoms with E-state index in [1.807, 2.05) is 11.8 Å². The van der Waals surface area contributed by atoms with Gasteiger partial charge in [0.25, 0.3) is 5.56 Å². The average molecular weight is 334 g/mol. The van der Waals surface area contributed by atoms with E-state index < -0.39 is 5.41 Å². The van der Waals surface area contributed by atoms with Gasteiger partial charge in [0.2, 0.25) is 11.9 Å². The van der Waals surface area contributed by atoms with E-state index in [2.05, 4.69) is 21.9 Å². The number of hydrogen-bond donors (Lipinski definition) is 2. The minimum absolute atomic E-state index is 0.0186. The Morgan fingerprint density at radius 1 is 1.67 bits per heavy atom. The first-order chi connectivity index (χ1) is 11.4. The second-order valence-electron chi connectivity index (χ2n) is 6.48. The number of H-pyrrole nitrogens is 1. The Morgan fingerprint density at radius 2 is 2.42 bits per heavy atom. The number of carbonyl (C=O) groups excluding carboxylic acids is 1. The number of methoxy groups -OCH3 is 1. The predicted molar refractivity (Wildman–Crippen MR) is 93.2 cm³/mol. The highest BCUT2D eigenvalue weighted by Crippen LogP contribution is 2.24. The van der Waals surface area contributed by atoms with Gasteiger partial charge in [0.05, 0.1) is 5.41 Å². The Labute approximate surface area is 142 Å². The van der Waals surface area contributed by atoms with Crippen molar-refractivity contribution in [3.63, 3.8) is 0 Å². The SMILES string of the molecule is C=CC(C)(CCOC)C(=O)NC1CCN(c2nc(C)cc(=O)[nH]2)C1. The third kappa shape index (κ3) is 4.23. The van der Waals surface area contributed by atoms with Gasteiger partial charge in [-0.05, 0) is 26.7 Å². The zero-order chi connectivity index (χ0) is 17.7. The van der Waals surface area contributed by atoms with E-state index in [-0.39, 0.29) is 17.5 Å². The third-order valence-electron chi connectivity index (χ3n) is 4.48. The van der Waals surface area contributed by atoms with Crippen molar-refractivity contribution in [3.8, 4) is 0 Å². The molecule has 0 aliphatic carbocycles. The molecule has 1 saturated heterocycles. The number of aryl methyl sites for hydroxylation is 1. The van der Waals surface area contributed by atoms with Crippen LogP contribution in [0.4, 0.5) is 5.95 Å². The smallest absolute Gasteiger partial charge is 0.252 e. The molecule has 1 fully saturated rings. The average Bonchev–Trinajstić information content (AvgIpc) is 3.00. The zero-order valence-corrected chi connectivity index (χ0v) is 14.6. The van der Waals surface area contributed by atoms with Crippen LogP contribution in [-0.2, 0) is 9.53 Å². The molecule has 2 heterocycles. The fraction of sp³-hybridized carbons (Fsp3) is 0.588. The summed E-state index contributed by atoms with van der Waals surface area (Å²) in [5, 5.41) is 3.08. The van der Waals surface area contributed by atoms with Gasteiger partial charge in [-0.3, -0.25) is 14.6 Å². The molecule has 2 rings (SSSR count). The first-order valence-electron chi connectivity index (χ1n) is 8.14. The van der Waals surface area contributed by atoms with Gasteiger partial charge in [0.1, 0.15) is 0 Å². The topological polar surface area (TPSA) is 87.3 Å². The molecule has 1 aromatic heterocycles. The van der Waals surface area contributed by atoms with E-state index in [1.54, 1.807) is 20.1 Å². The van der Waals surface area contributed by atoms with Crippen molar-refractivity contribution in [2.75, 3.05) is 31.7 Å². The summed E-state index contributed by atoms with van der Waals surface area (Å²) in [5.74, 6) is 0.509. The lowest BCUT2D eigenvalue weighted by Gasteiger charge is -2.26. The fourth-order valence-electron chi connectivity index (χ4n) is 2.76. The number of nitrogens with one attached hydrogen (secondary N) is 2. The maximum Gasteiger partial charge on any atom is 0.252 e. The summed E-state index contributed by atoms with van der Waals surface area (Å²) in [4.78, 5) is 33.3. The normalized spacial score (nSPS) is 19.8. The van der Waals surface area contributed by atoms with Crippen molar-refractivity contribution in [2.45, 2.75) is 32.7 Å². The molecule has 7 heteroatoms. The number of carbonyl (C=O) groups is 1. The molecule has 1 amide bonds. The Kier molecular flexibility index (Phi) is 5.77. The molecule has 2 N–H and O–H groups in total. The molecule has 0 bridgehead atoms. The van der Waals surface area contributed by atoms with E-state index in [1.165, 1.54) is 6.07 Å². The van der Waals surface area contributed by atoms with Gasteiger partial charge in [0, 0.05) is 44.6 Å².